The van der Waals surface area contributed by atoms with Crippen LogP contribution in [0.25, 0.3) is 0 Å². The number of aryl methyl sites for hydroxylation is 2. The minimum Gasteiger partial charge on any atom is -0.207 e. The molecule has 0 spiro atoms. The summed E-state index contributed by atoms with van der Waals surface area (Å²) in [5, 5.41) is 9.39. The summed E-state index contributed by atoms with van der Waals surface area (Å²) in [4.78, 5) is 0.267. The summed E-state index contributed by atoms with van der Waals surface area (Å²) in [5.41, 5.74) is 0.796. The molecule has 5 heteroatoms. The lowest BCUT2D eigenvalue weighted by atomic mass is 9.84. The van der Waals surface area contributed by atoms with E-state index in [4.69, 9.17) is 0 Å². The first-order valence-electron chi connectivity index (χ1n) is 6.91. The third-order valence-corrected chi connectivity index (χ3v) is 5.57. The molecule has 1 aromatic carbocycles. The fraction of sp³-hybridized carbons (Fsp3) is 0.533. The van der Waals surface area contributed by atoms with E-state index in [1.165, 1.54) is 0 Å². The van der Waals surface area contributed by atoms with Gasteiger partial charge in [0.1, 0.15) is 5.54 Å². The van der Waals surface area contributed by atoms with E-state index in [1.807, 2.05) is 13.0 Å². The molecule has 1 aromatic rings. The molecular formula is C15H20N2O2S. The highest BCUT2D eigenvalue weighted by Crippen LogP contribution is 2.30. The Balaban J connectivity index is 2.33. The van der Waals surface area contributed by atoms with Gasteiger partial charge in [-0.2, -0.15) is 9.98 Å². The molecule has 0 aromatic heterocycles. The Morgan fingerprint density at radius 1 is 1.20 bits per heavy atom. The van der Waals surface area contributed by atoms with Crippen LogP contribution in [-0.2, 0) is 10.0 Å². The van der Waals surface area contributed by atoms with Gasteiger partial charge in [0.25, 0.3) is 0 Å². The van der Waals surface area contributed by atoms with Crippen molar-refractivity contribution in [3.63, 3.8) is 0 Å². The fourth-order valence-corrected chi connectivity index (χ4v) is 4.41. The summed E-state index contributed by atoms with van der Waals surface area (Å²) >= 11 is 0. The zero-order valence-corrected chi connectivity index (χ0v) is 12.8. The Labute approximate surface area is 120 Å². The number of benzene rings is 1. The second kappa shape index (κ2) is 5.55. The number of rotatable bonds is 3. The van der Waals surface area contributed by atoms with Crippen molar-refractivity contribution >= 4 is 10.0 Å². The van der Waals surface area contributed by atoms with Crippen LogP contribution in [0.4, 0.5) is 0 Å². The number of nitriles is 1. The summed E-state index contributed by atoms with van der Waals surface area (Å²) in [6.45, 7) is 3.70. The first kappa shape index (κ1) is 15.0. The molecule has 2 rings (SSSR count). The Bertz CT molecular complexity index is 638. The zero-order chi connectivity index (χ0) is 14.8. The van der Waals surface area contributed by atoms with Gasteiger partial charge in [0, 0.05) is 0 Å². The number of sulfonamides is 1. The molecule has 0 saturated heterocycles. The Hall–Kier alpha value is -1.38. The van der Waals surface area contributed by atoms with Gasteiger partial charge in [-0.3, -0.25) is 0 Å². The molecular weight excluding hydrogens is 272 g/mol. The Morgan fingerprint density at radius 2 is 1.85 bits per heavy atom. The minimum atomic E-state index is -3.65. The molecule has 1 aliphatic carbocycles. The Kier molecular flexibility index (Phi) is 4.17. The average Bonchev–Trinajstić information content (AvgIpc) is 2.38. The molecule has 108 valence electrons. The van der Waals surface area contributed by atoms with Crippen molar-refractivity contribution in [2.24, 2.45) is 0 Å². The summed E-state index contributed by atoms with van der Waals surface area (Å²) in [5.74, 6) is 0. The number of hydrogen-bond acceptors (Lipinski definition) is 3. The largest absolute Gasteiger partial charge is 0.242 e. The van der Waals surface area contributed by atoms with Crippen LogP contribution in [0.2, 0.25) is 0 Å². The van der Waals surface area contributed by atoms with Crippen LogP contribution in [0.3, 0.4) is 0 Å². The third-order valence-electron chi connectivity index (χ3n) is 3.87. The first-order chi connectivity index (χ1) is 9.38. The second-order valence-corrected chi connectivity index (χ2v) is 7.28. The van der Waals surface area contributed by atoms with Crippen LogP contribution in [0.15, 0.2) is 23.1 Å². The predicted octanol–water partition coefficient (Wildman–Crippen LogP) is 2.81. The van der Waals surface area contributed by atoms with Gasteiger partial charge in [-0.25, -0.2) is 8.42 Å². The highest BCUT2D eigenvalue weighted by atomic mass is 32.2. The van der Waals surface area contributed by atoms with Crippen molar-refractivity contribution in [2.75, 3.05) is 0 Å². The van der Waals surface area contributed by atoms with Crippen LogP contribution in [0.1, 0.15) is 43.2 Å². The number of nitrogens with one attached hydrogen (secondary N) is 1. The van der Waals surface area contributed by atoms with E-state index in [0.29, 0.717) is 18.4 Å². The topological polar surface area (TPSA) is 70.0 Å². The smallest absolute Gasteiger partial charge is 0.207 e. The lowest BCUT2D eigenvalue weighted by Gasteiger charge is -2.31. The quantitative estimate of drug-likeness (QED) is 0.931. The van der Waals surface area contributed by atoms with E-state index in [-0.39, 0.29) is 4.90 Å². The summed E-state index contributed by atoms with van der Waals surface area (Å²) in [6, 6.07) is 7.42. The number of hydrogen-bond donors (Lipinski definition) is 1. The average molecular weight is 292 g/mol. The van der Waals surface area contributed by atoms with Gasteiger partial charge in [-0.05, 0) is 38.3 Å². The Morgan fingerprint density at radius 3 is 2.40 bits per heavy atom. The SMILES string of the molecule is Cc1ccc(S(=O)(=O)NC2(C#N)CCCCC2)c(C)c1. The van der Waals surface area contributed by atoms with Gasteiger partial charge in [0.2, 0.25) is 10.0 Å². The lowest BCUT2D eigenvalue weighted by Crippen LogP contribution is -2.48. The van der Waals surface area contributed by atoms with Crippen molar-refractivity contribution in [2.45, 2.75) is 56.4 Å². The third kappa shape index (κ3) is 3.02. The molecule has 1 aliphatic rings. The molecule has 4 nitrogen and oxygen atoms in total. The molecule has 0 unspecified atom stereocenters. The zero-order valence-electron chi connectivity index (χ0n) is 11.9. The van der Waals surface area contributed by atoms with Crippen molar-refractivity contribution in [3.05, 3.63) is 29.3 Å². The van der Waals surface area contributed by atoms with Gasteiger partial charge < -0.3 is 0 Å². The lowest BCUT2D eigenvalue weighted by molar-refractivity contribution is 0.338. The standard InChI is InChI=1S/C15H20N2O2S/c1-12-6-7-14(13(2)10-12)20(18,19)17-15(11-16)8-4-3-5-9-15/h6-7,10,17H,3-5,8-9H2,1-2H3. The molecule has 0 aliphatic heterocycles. The van der Waals surface area contributed by atoms with Gasteiger partial charge in [-0.1, -0.05) is 37.0 Å². The van der Waals surface area contributed by atoms with E-state index in [9.17, 15) is 13.7 Å². The van der Waals surface area contributed by atoms with Crippen molar-refractivity contribution in [1.82, 2.24) is 4.72 Å². The van der Waals surface area contributed by atoms with Crippen molar-refractivity contribution < 1.29 is 8.42 Å². The maximum atomic E-state index is 12.5. The molecule has 0 amide bonds. The maximum absolute atomic E-state index is 12.5. The summed E-state index contributed by atoms with van der Waals surface area (Å²) < 4.78 is 27.7. The monoisotopic (exact) mass is 292 g/mol. The highest BCUT2D eigenvalue weighted by Gasteiger charge is 2.37. The molecule has 0 radical (unpaired) electrons. The van der Waals surface area contributed by atoms with E-state index in [0.717, 1.165) is 24.8 Å². The van der Waals surface area contributed by atoms with Crippen molar-refractivity contribution in [3.8, 4) is 6.07 Å². The fourth-order valence-electron chi connectivity index (χ4n) is 2.81. The van der Waals surface area contributed by atoms with Gasteiger partial charge in [0.05, 0.1) is 11.0 Å². The summed E-state index contributed by atoms with van der Waals surface area (Å²) in [7, 11) is -3.65. The van der Waals surface area contributed by atoms with Crippen LogP contribution in [0, 0.1) is 25.2 Å². The molecule has 1 fully saturated rings. The summed E-state index contributed by atoms with van der Waals surface area (Å²) in [6.07, 6.45) is 4.03. The maximum Gasteiger partial charge on any atom is 0.242 e. The molecule has 20 heavy (non-hydrogen) atoms. The van der Waals surface area contributed by atoms with E-state index in [2.05, 4.69) is 10.8 Å². The van der Waals surface area contributed by atoms with Crippen LogP contribution in [0.5, 0.6) is 0 Å². The molecule has 0 heterocycles. The molecule has 0 bridgehead atoms. The second-order valence-electron chi connectivity index (χ2n) is 5.63. The van der Waals surface area contributed by atoms with E-state index >= 15 is 0 Å². The highest BCUT2D eigenvalue weighted by molar-refractivity contribution is 7.89. The van der Waals surface area contributed by atoms with Gasteiger partial charge >= 0.3 is 0 Å². The number of nitrogens with zero attached hydrogens (tertiary/aromatic N) is 1. The van der Waals surface area contributed by atoms with E-state index in [1.54, 1.807) is 19.1 Å². The van der Waals surface area contributed by atoms with Gasteiger partial charge in [-0.15, -0.1) is 0 Å². The molecule has 0 atom stereocenters. The van der Waals surface area contributed by atoms with E-state index < -0.39 is 15.6 Å². The van der Waals surface area contributed by atoms with Crippen LogP contribution < -0.4 is 4.72 Å². The predicted molar refractivity (Wildman–Crippen MR) is 77.7 cm³/mol. The van der Waals surface area contributed by atoms with Gasteiger partial charge in [0.15, 0.2) is 0 Å². The minimum absolute atomic E-state index is 0.267. The van der Waals surface area contributed by atoms with Crippen molar-refractivity contribution in [1.29, 1.82) is 5.26 Å². The normalized spacial score (nSPS) is 18.4. The first-order valence-corrected chi connectivity index (χ1v) is 8.39. The van der Waals surface area contributed by atoms with Crippen LogP contribution >= 0.6 is 0 Å². The van der Waals surface area contributed by atoms with Crippen LogP contribution in [-0.4, -0.2) is 14.0 Å². The molecule has 1 N–H and O–H groups in total. The molecule has 1 saturated carbocycles.